The lowest BCUT2D eigenvalue weighted by molar-refractivity contribution is -0.136. The van der Waals surface area contributed by atoms with Crippen molar-refractivity contribution in [1.29, 1.82) is 0 Å². The number of rotatable bonds is 10. The number of nitrogens with zero attached hydrogens (tertiary/aromatic N) is 1. The van der Waals surface area contributed by atoms with Crippen LogP contribution in [-0.4, -0.2) is 59.0 Å². The van der Waals surface area contributed by atoms with E-state index in [9.17, 15) is 13.2 Å². The first-order chi connectivity index (χ1) is 11.3. The minimum Gasteiger partial charge on any atom is -0.383 e. The highest BCUT2D eigenvalue weighted by atomic mass is 35.5. The second kappa shape index (κ2) is 9.83. The van der Waals surface area contributed by atoms with Gasteiger partial charge in [-0.2, -0.15) is 8.42 Å². The average Bonchev–Trinajstić information content (AvgIpc) is 2.53. The molecule has 0 saturated heterocycles. The summed E-state index contributed by atoms with van der Waals surface area (Å²) in [4.78, 5) is 13.6. The number of carbonyl (C=O) groups is 1. The minimum atomic E-state index is -3.69. The van der Waals surface area contributed by atoms with Gasteiger partial charge >= 0.3 is 10.1 Å². The molecule has 0 N–H and O–H groups in total. The molecule has 0 aromatic heterocycles. The third-order valence-electron chi connectivity index (χ3n) is 3.14. The molecule has 0 spiro atoms. The molecule has 1 rings (SSSR count). The lowest BCUT2D eigenvalue weighted by Gasteiger charge is -2.23. The number of halogens is 1. The standard InChI is InChI=1S/C15H22ClNO6S/c1-4-24(19,20)23-14-6-5-13(16)9-12(14)10-17(7-8-21-2)15(18)11-22-3/h5-6,9H,4,7-8,10-11H2,1-3H3. The zero-order chi connectivity index (χ0) is 18.2. The van der Waals surface area contributed by atoms with Gasteiger partial charge in [-0.05, 0) is 25.1 Å². The van der Waals surface area contributed by atoms with E-state index in [0.717, 1.165) is 0 Å². The van der Waals surface area contributed by atoms with Gasteiger partial charge in [-0.3, -0.25) is 4.79 Å². The van der Waals surface area contributed by atoms with Gasteiger partial charge in [-0.25, -0.2) is 0 Å². The fraction of sp³-hybridized carbons (Fsp3) is 0.533. The third-order valence-corrected chi connectivity index (χ3v) is 4.52. The fourth-order valence-corrected chi connectivity index (χ4v) is 2.61. The van der Waals surface area contributed by atoms with Crippen molar-refractivity contribution in [3.05, 3.63) is 28.8 Å². The van der Waals surface area contributed by atoms with Crippen LogP contribution in [0.1, 0.15) is 12.5 Å². The number of hydrogen-bond donors (Lipinski definition) is 0. The monoisotopic (exact) mass is 379 g/mol. The molecule has 0 unspecified atom stereocenters. The highest BCUT2D eigenvalue weighted by molar-refractivity contribution is 7.87. The molecule has 0 atom stereocenters. The molecular weight excluding hydrogens is 358 g/mol. The van der Waals surface area contributed by atoms with Gasteiger partial charge in [-0.1, -0.05) is 11.6 Å². The summed E-state index contributed by atoms with van der Waals surface area (Å²) in [6.45, 7) is 2.18. The van der Waals surface area contributed by atoms with Gasteiger partial charge in [0, 0.05) is 37.9 Å². The fourth-order valence-electron chi connectivity index (χ4n) is 1.86. The molecule has 0 heterocycles. The summed E-state index contributed by atoms with van der Waals surface area (Å²) in [5.41, 5.74) is 0.486. The summed E-state index contributed by atoms with van der Waals surface area (Å²) < 4.78 is 38.4. The smallest absolute Gasteiger partial charge is 0.308 e. The Kier molecular flexibility index (Phi) is 8.47. The SMILES string of the molecule is CCS(=O)(=O)Oc1ccc(Cl)cc1CN(CCOC)C(=O)COC. The first-order valence-electron chi connectivity index (χ1n) is 7.29. The Morgan fingerprint density at radius 3 is 2.54 bits per heavy atom. The number of methoxy groups -OCH3 is 2. The molecule has 0 aliphatic heterocycles. The van der Waals surface area contributed by atoms with Crippen molar-refractivity contribution in [2.24, 2.45) is 0 Å². The Morgan fingerprint density at radius 1 is 1.25 bits per heavy atom. The van der Waals surface area contributed by atoms with Crippen LogP contribution in [-0.2, 0) is 30.9 Å². The van der Waals surface area contributed by atoms with Crippen molar-refractivity contribution < 1.29 is 26.9 Å². The first kappa shape index (κ1) is 20.7. The van der Waals surface area contributed by atoms with Gasteiger partial charge in [0.2, 0.25) is 5.91 Å². The molecule has 1 aromatic carbocycles. The zero-order valence-electron chi connectivity index (χ0n) is 14.0. The van der Waals surface area contributed by atoms with Crippen LogP contribution < -0.4 is 4.18 Å². The van der Waals surface area contributed by atoms with Gasteiger partial charge in [0.05, 0.1) is 12.4 Å². The van der Waals surface area contributed by atoms with Crippen LogP contribution in [0.25, 0.3) is 0 Å². The van der Waals surface area contributed by atoms with Crippen LogP contribution >= 0.6 is 11.6 Å². The summed E-state index contributed by atoms with van der Waals surface area (Å²) in [6, 6.07) is 4.57. The quantitative estimate of drug-likeness (QED) is 0.575. The van der Waals surface area contributed by atoms with E-state index >= 15 is 0 Å². The highest BCUT2D eigenvalue weighted by Gasteiger charge is 2.19. The van der Waals surface area contributed by atoms with E-state index in [1.807, 2.05) is 0 Å². The molecule has 0 aliphatic rings. The second-order valence-corrected chi connectivity index (χ2v) is 7.22. The van der Waals surface area contributed by atoms with Gasteiger partial charge in [0.15, 0.2) is 0 Å². The molecule has 1 aromatic rings. The van der Waals surface area contributed by atoms with Crippen molar-refractivity contribution in [3.63, 3.8) is 0 Å². The summed E-state index contributed by atoms with van der Waals surface area (Å²) in [5, 5.41) is 0.414. The molecule has 7 nitrogen and oxygen atoms in total. The van der Waals surface area contributed by atoms with E-state index < -0.39 is 10.1 Å². The number of benzene rings is 1. The Morgan fingerprint density at radius 2 is 1.96 bits per heavy atom. The molecular formula is C15H22ClNO6S. The number of hydrogen-bond acceptors (Lipinski definition) is 6. The van der Waals surface area contributed by atoms with Crippen LogP contribution in [0.2, 0.25) is 5.02 Å². The molecule has 0 radical (unpaired) electrons. The summed E-state index contributed by atoms with van der Waals surface area (Å²) in [6.07, 6.45) is 0. The van der Waals surface area contributed by atoms with Gasteiger partial charge in [0.1, 0.15) is 12.4 Å². The Balaban J connectivity index is 3.07. The van der Waals surface area contributed by atoms with Crippen molar-refractivity contribution in [2.45, 2.75) is 13.5 Å². The number of amides is 1. The largest absolute Gasteiger partial charge is 0.383 e. The van der Waals surface area contributed by atoms with Crippen LogP contribution in [0.3, 0.4) is 0 Å². The molecule has 0 bridgehead atoms. The lowest BCUT2D eigenvalue weighted by Crippen LogP contribution is -2.36. The van der Waals surface area contributed by atoms with E-state index in [2.05, 4.69) is 0 Å². The van der Waals surface area contributed by atoms with Crippen LogP contribution in [0.15, 0.2) is 18.2 Å². The van der Waals surface area contributed by atoms with E-state index in [1.165, 1.54) is 38.2 Å². The summed E-state index contributed by atoms with van der Waals surface area (Å²) in [5.74, 6) is -0.266. The van der Waals surface area contributed by atoms with Gasteiger partial charge in [-0.15, -0.1) is 0 Å². The predicted octanol–water partition coefficient (Wildman–Crippen LogP) is 1.69. The maximum absolute atomic E-state index is 12.1. The topological polar surface area (TPSA) is 82.1 Å². The van der Waals surface area contributed by atoms with E-state index in [-0.39, 0.29) is 30.6 Å². The average molecular weight is 380 g/mol. The first-order valence-corrected chi connectivity index (χ1v) is 9.24. The Labute approximate surface area is 147 Å². The molecule has 0 saturated carbocycles. The number of ether oxygens (including phenoxy) is 2. The maximum Gasteiger partial charge on any atom is 0.308 e. The lowest BCUT2D eigenvalue weighted by atomic mass is 10.2. The van der Waals surface area contributed by atoms with Gasteiger partial charge in [0.25, 0.3) is 0 Å². The normalized spacial score (nSPS) is 11.3. The molecule has 24 heavy (non-hydrogen) atoms. The van der Waals surface area contributed by atoms with E-state index in [1.54, 1.807) is 6.07 Å². The van der Waals surface area contributed by atoms with Crippen LogP contribution in [0, 0.1) is 0 Å². The zero-order valence-corrected chi connectivity index (χ0v) is 15.5. The molecule has 0 fully saturated rings. The van der Waals surface area contributed by atoms with Crippen LogP contribution in [0.5, 0.6) is 5.75 Å². The molecule has 136 valence electrons. The third kappa shape index (κ3) is 6.64. The maximum atomic E-state index is 12.1. The van der Waals surface area contributed by atoms with Crippen molar-refractivity contribution >= 4 is 27.6 Å². The van der Waals surface area contributed by atoms with E-state index in [0.29, 0.717) is 23.7 Å². The number of carbonyl (C=O) groups excluding carboxylic acids is 1. The highest BCUT2D eigenvalue weighted by Crippen LogP contribution is 2.26. The van der Waals surface area contributed by atoms with Gasteiger partial charge < -0.3 is 18.6 Å². The molecule has 1 amide bonds. The second-order valence-electron chi connectivity index (χ2n) is 4.92. The molecule has 0 aliphatic carbocycles. The Hall–Kier alpha value is -1.35. The summed E-state index contributed by atoms with van der Waals surface area (Å²) in [7, 11) is -0.734. The van der Waals surface area contributed by atoms with Crippen molar-refractivity contribution in [3.8, 4) is 5.75 Å². The predicted molar refractivity (Wildman–Crippen MR) is 90.7 cm³/mol. The van der Waals surface area contributed by atoms with Crippen LogP contribution in [0.4, 0.5) is 0 Å². The Bertz CT molecular complexity index is 649. The van der Waals surface area contributed by atoms with Crippen molar-refractivity contribution in [2.75, 3.05) is 39.7 Å². The minimum absolute atomic E-state index is 0.0896. The summed E-state index contributed by atoms with van der Waals surface area (Å²) >= 11 is 5.99. The van der Waals surface area contributed by atoms with E-state index in [4.69, 9.17) is 25.3 Å². The van der Waals surface area contributed by atoms with Crippen molar-refractivity contribution in [1.82, 2.24) is 4.90 Å². The molecule has 9 heteroatoms.